The third kappa shape index (κ3) is 2.03. The van der Waals surface area contributed by atoms with Crippen LogP contribution in [0, 0.1) is 0 Å². The lowest BCUT2D eigenvalue weighted by molar-refractivity contribution is 1.23. The first-order valence-electron chi connectivity index (χ1n) is 6.70. The van der Waals surface area contributed by atoms with E-state index in [1.165, 1.54) is 0 Å². The van der Waals surface area contributed by atoms with Gasteiger partial charge in [0.2, 0.25) is 0 Å². The largest absolute Gasteiger partial charge is 0.351 e. The second-order valence-electron chi connectivity index (χ2n) is 4.82. The van der Waals surface area contributed by atoms with Crippen LogP contribution in [0.4, 0.5) is 11.4 Å². The molecule has 0 aliphatic rings. The number of rotatable bonds is 2. The van der Waals surface area contributed by atoms with Crippen LogP contribution in [-0.4, -0.2) is 9.38 Å². The molecule has 2 heterocycles. The lowest BCUT2D eigenvalue weighted by Gasteiger charge is -2.09. The van der Waals surface area contributed by atoms with Crippen molar-refractivity contribution in [3.8, 4) is 0 Å². The summed E-state index contributed by atoms with van der Waals surface area (Å²) < 4.78 is 2.08. The second-order valence-corrected chi connectivity index (χ2v) is 5.23. The smallest absolute Gasteiger partial charge is 0.161 e. The van der Waals surface area contributed by atoms with Crippen molar-refractivity contribution >= 4 is 39.7 Å². The standard InChI is InChI=1S/C17H12ClN3/c18-12-6-1-2-7-13(12)19-15-9-5-11-21-16-10-4-3-8-14(16)20-17(15)21/h1-11,19H. The van der Waals surface area contributed by atoms with Gasteiger partial charge in [0, 0.05) is 6.20 Å². The molecule has 3 nitrogen and oxygen atoms in total. The van der Waals surface area contributed by atoms with Crippen molar-refractivity contribution in [1.82, 2.24) is 9.38 Å². The van der Waals surface area contributed by atoms with Gasteiger partial charge in [-0.25, -0.2) is 4.98 Å². The molecular formula is C17H12ClN3. The summed E-state index contributed by atoms with van der Waals surface area (Å²) in [6.45, 7) is 0. The van der Waals surface area contributed by atoms with Gasteiger partial charge in [-0.3, -0.25) is 4.40 Å². The molecule has 0 spiro atoms. The minimum atomic E-state index is 0.690. The van der Waals surface area contributed by atoms with Crippen LogP contribution in [-0.2, 0) is 0 Å². The van der Waals surface area contributed by atoms with Gasteiger partial charge in [-0.1, -0.05) is 35.9 Å². The Morgan fingerprint density at radius 1 is 0.857 bits per heavy atom. The monoisotopic (exact) mass is 293 g/mol. The van der Waals surface area contributed by atoms with E-state index in [0.29, 0.717) is 5.02 Å². The molecule has 4 aromatic rings. The van der Waals surface area contributed by atoms with Crippen LogP contribution in [0.5, 0.6) is 0 Å². The molecular weight excluding hydrogens is 282 g/mol. The summed E-state index contributed by atoms with van der Waals surface area (Å²) in [5.74, 6) is 0. The zero-order chi connectivity index (χ0) is 14.2. The minimum Gasteiger partial charge on any atom is -0.351 e. The van der Waals surface area contributed by atoms with E-state index in [0.717, 1.165) is 28.1 Å². The molecule has 2 aromatic heterocycles. The Balaban J connectivity index is 1.91. The molecule has 0 aliphatic carbocycles. The quantitative estimate of drug-likeness (QED) is 0.570. The van der Waals surface area contributed by atoms with Crippen LogP contribution in [0.1, 0.15) is 0 Å². The number of pyridine rings is 1. The molecule has 0 amide bonds. The molecule has 0 fully saturated rings. The average molecular weight is 294 g/mol. The Bertz CT molecular complexity index is 943. The van der Waals surface area contributed by atoms with Crippen LogP contribution < -0.4 is 5.32 Å². The molecule has 0 atom stereocenters. The maximum atomic E-state index is 6.21. The van der Waals surface area contributed by atoms with E-state index in [1.807, 2.05) is 60.8 Å². The summed E-state index contributed by atoms with van der Waals surface area (Å²) in [4.78, 5) is 4.70. The summed E-state index contributed by atoms with van der Waals surface area (Å²) in [5.41, 5.74) is 4.76. The second kappa shape index (κ2) is 4.79. The molecule has 4 heteroatoms. The molecule has 1 N–H and O–H groups in total. The average Bonchev–Trinajstić information content (AvgIpc) is 2.89. The number of nitrogens with one attached hydrogen (secondary N) is 1. The molecule has 0 saturated heterocycles. The first-order valence-corrected chi connectivity index (χ1v) is 7.08. The van der Waals surface area contributed by atoms with Crippen molar-refractivity contribution in [2.24, 2.45) is 0 Å². The molecule has 0 bridgehead atoms. The maximum Gasteiger partial charge on any atom is 0.161 e. The molecule has 2 aromatic carbocycles. The fraction of sp³-hybridized carbons (Fsp3) is 0. The summed E-state index contributed by atoms with van der Waals surface area (Å²) >= 11 is 6.21. The molecule has 102 valence electrons. The Morgan fingerprint density at radius 3 is 2.52 bits per heavy atom. The van der Waals surface area contributed by atoms with Gasteiger partial charge in [-0.15, -0.1) is 0 Å². The highest BCUT2D eigenvalue weighted by Crippen LogP contribution is 2.28. The van der Waals surface area contributed by atoms with E-state index in [2.05, 4.69) is 15.8 Å². The third-order valence-corrected chi connectivity index (χ3v) is 3.81. The molecule has 0 saturated carbocycles. The number of fused-ring (bicyclic) bond motifs is 3. The van der Waals surface area contributed by atoms with E-state index in [4.69, 9.17) is 16.6 Å². The summed E-state index contributed by atoms with van der Waals surface area (Å²) in [5, 5.41) is 4.05. The van der Waals surface area contributed by atoms with Crippen LogP contribution in [0.15, 0.2) is 66.9 Å². The van der Waals surface area contributed by atoms with Crippen LogP contribution in [0.3, 0.4) is 0 Å². The van der Waals surface area contributed by atoms with Gasteiger partial charge in [-0.2, -0.15) is 0 Å². The van der Waals surface area contributed by atoms with Gasteiger partial charge in [0.15, 0.2) is 5.65 Å². The van der Waals surface area contributed by atoms with Crippen molar-refractivity contribution in [2.75, 3.05) is 5.32 Å². The van der Waals surface area contributed by atoms with Crippen LogP contribution in [0.25, 0.3) is 16.7 Å². The number of benzene rings is 2. The first-order chi connectivity index (χ1) is 10.3. The highest BCUT2D eigenvalue weighted by Gasteiger charge is 2.08. The summed E-state index contributed by atoms with van der Waals surface area (Å²) in [6.07, 6.45) is 2.02. The normalized spacial score (nSPS) is 11.1. The highest BCUT2D eigenvalue weighted by molar-refractivity contribution is 6.33. The Kier molecular flexibility index (Phi) is 2.79. The maximum absolute atomic E-state index is 6.21. The summed E-state index contributed by atoms with van der Waals surface area (Å²) in [6, 6.07) is 19.8. The van der Waals surface area contributed by atoms with Crippen LogP contribution in [0.2, 0.25) is 5.02 Å². The van der Waals surface area contributed by atoms with Crippen molar-refractivity contribution in [3.05, 3.63) is 71.9 Å². The van der Waals surface area contributed by atoms with Gasteiger partial charge in [0.25, 0.3) is 0 Å². The Hall–Kier alpha value is -2.52. The number of halogens is 1. The lowest BCUT2D eigenvalue weighted by atomic mass is 10.3. The zero-order valence-electron chi connectivity index (χ0n) is 11.1. The van der Waals surface area contributed by atoms with Gasteiger partial charge >= 0.3 is 0 Å². The Labute approximate surface area is 126 Å². The molecule has 0 aliphatic heterocycles. The number of para-hydroxylation sites is 3. The number of hydrogen-bond donors (Lipinski definition) is 1. The first kappa shape index (κ1) is 12.2. The van der Waals surface area contributed by atoms with Gasteiger partial charge in [-0.05, 0) is 36.4 Å². The van der Waals surface area contributed by atoms with E-state index in [1.54, 1.807) is 0 Å². The fourth-order valence-corrected chi connectivity index (χ4v) is 2.67. The van der Waals surface area contributed by atoms with E-state index in [9.17, 15) is 0 Å². The molecule has 4 rings (SSSR count). The van der Waals surface area contributed by atoms with E-state index >= 15 is 0 Å². The SMILES string of the molecule is Clc1ccccc1Nc1cccn2c1nc1ccccc12. The van der Waals surface area contributed by atoms with Gasteiger partial charge in [0.1, 0.15) is 0 Å². The van der Waals surface area contributed by atoms with E-state index in [-0.39, 0.29) is 0 Å². The third-order valence-electron chi connectivity index (χ3n) is 3.48. The highest BCUT2D eigenvalue weighted by atomic mass is 35.5. The van der Waals surface area contributed by atoms with Gasteiger partial charge < -0.3 is 5.32 Å². The van der Waals surface area contributed by atoms with Crippen molar-refractivity contribution in [2.45, 2.75) is 0 Å². The summed E-state index contributed by atoms with van der Waals surface area (Å²) in [7, 11) is 0. The van der Waals surface area contributed by atoms with Crippen LogP contribution >= 0.6 is 11.6 Å². The predicted octanol–water partition coefficient (Wildman–Crippen LogP) is 4.88. The Morgan fingerprint density at radius 2 is 1.62 bits per heavy atom. The van der Waals surface area contributed by atoms with Crippen molar-refractivity contribution < 1.29 is 0 Å². The molecule has 0 radical (unpaired) electrons. The molecule has 0 unspecified atom stereocenters. The topological polar surface area (TPSA) is 29.3 Å². The fourth-order valence-electron chi connectivity index (χ4n) is 2.49. The number of imidazole rings is 1. The number of hydrogen-bond acceptors (Lipinski definition) is 2. The number of anilines is 2. The lowest BCUT2D eigenvalue weighted by Crippen LogP contribution is -1.95. The number of aromatic nitrogens is 2. The van der Waals surface area contributed by atoms with E-state index < -0.39 is 0 Å². The number of nitrogens with zero attached hydrogens (tertiary/aromatic N) is 2. The zero-order valence-corrected chi connectivity index (χ0v) is 11.9. The predicted molar refractivity (Wildman–Crippen MR) is 87.4 cm³/mol. The minimum absolute atomic E-state index is 0.690. The van der Waals surface area contributed by atoms with Crippen molar-refractivity contribution in [1.29, 1.82) is 0 Å². The van der Waals surface area contributed by atoms with Gasteiger partial charge in [0.05, 0.1) is 27.4 Å². The van der Waals surface area contributed by atoms with Crippen molar-refractivity contribution in [3.63, 3.8) is 0 Å². The molecule has 21 heavy (non-hydrogen) atoms.